The molecule has 2 atom stereocenters. The van der Waals surface area contributed by atoms with Gasteiger partial charge in [0.1, 0.15) is 0 Å². The van der Waals surface area contributed by atoms with Crippen molar-refractivity contribution in [3.8, 4) is 0 Å². The molecule has 1 fully saturated rings. The summed E-state index contributed by atoms with van der Waals surface area (Å²) in [5, 5.41) is -0.168. The highest BCUT2D eigenvalue weighted by atomic mass is 32.2. The van der Waals surface area contributed by atoms with Crippen LogP contribution in [0.25, 0.3) is 0 Å². The first-order chi connectivity index (χ1) is 5.55. The van der Waals surface area contributed by atoms with Gasteiger partial charge in [0.15, 0.2) is 9.84 Å². The summed E-state index contributed by atoms with van der Waals surface area (Å²) >= 11 is 0. The lowest BCUT2D eigenvalue weighted by Crippen LogP contribution is -2.22. The molecular weight excluding hydrogens is 198 g/mol. The minimum absolute atomic E-state index is 0.0829. The van der Waals surface area contributed by atoms with Gasteiger partial charge in [-0.3, -0.25) is 4.21 Å². The van der Waals surface area contributed by atoms with Gasteiger partial charge >= 0.3 is 0 Å². The Hall–Kier alpha value is 0.0600. The summed E-state index contributed by atoms with van der Waals surface area (Å²) in [6.45, 7) is 0.364. The Balaban J connectivity index is 2.53. The van der Waals surface area contributed by atoms with E-state index >= 15 is 0 Å². The SMILES string of the molecule is NCCS(=O)C1CCS(=O)(=O)C1. The predicted molar refractivity (Wildman–Crippen MR) is 49.1 cm³/mol. The number of hydrogen-bond donors (Lipinski definition) is 1. The van der Waals surface area contributed by atoms with Crippen LogP contribution in [0.2, 0.25) is 0 Å². The molecule has 2 N–H and O–H groups in total. The second kappa shape index (κ2) is 3.85. The third kappa shape index (κ3) is 2.53. The fourth-order valence-corrected chi connectivity index (χ4v) is 5.12. The average molecular weight is 211 g/mol. The van der Waals surface area contributed by atoms with E-state index < -0.39 is 20.6 Å². The lowest BCUT2D eigenvalue weighted by molar-refractivity contribution is 0.602. The molecule has 72 valence electrons. The molecule has 0 radical (unpaired) electrons. The second-order valence-corrected chi connectivity index (χ2v) is 6.96. The predicted octanol–water partition coefficient (Wildman–Crippen LogP) is -1.12. The second-order valence-electron chi connectivity index (χ2n) is 2.90. The van der Waals surface area contributed by atoms with E-state index in [4.69, 9.17) is 5.73 Å². The summed E-state index contributed by atoms with van der Waals surface area (Å²) in [4.78, 5) is 0. The molecule has 0 amide bonds. The van der Waals surface area contributed by atoms with Gasteiger partial charge in [-0.2, -0.15) is 0 Å². The highest BCUT2D eigenvalue weighted by Gasteiger charge is 2.31. The zero-order valence-corrected chi connectivity index (χ0v) is 8.36. The van der Waals surface area contributed by atoms with Gasteiger partial charge in [0.2, 0.25) is 0 Å². The van der Waals surface area contributed by atoms with Crippen molar-refractivity contribution in [2.45, 2.75) is 11.7 Å². The van der Waals surface area contributed by atoms with E-state index in [2.05, 4.69) is 0 Å². The van der Waals surface area contributed by atoms with Crippen molar-refractivity contribution in [1.29, 1.82) is 0 Å². The van der Waals surface area contributed by atoms with E-state index in [0.717, 1.165) is 0 Å². The molecule has 6 heteroatoms. The monoisotopic (exact) mass is 211 g/mol. The fourth-order valence-electron chi connectivity index (χ4n) is 1.25. The molecule has 2 unspecified atom stereocenters. The van der Waals surface area contributed by atoms with Crippen LogP contribution in [0.15, 0.2) is 0 Å². The Bertz CT molecular complexity index is 273. The molecule has 0 bridgehead atoms. The van der Waals surface area contributed by atoms with Crippen molar-refractivity contribution in [1.82, 2.24) is 0 Å². The molecule has 1 saturated heterocycles. The van der Waals surface area contributed by atoms with Crippen LogP contribution in [0.3, 0.4) is 0 Å². The van der Waals surface area contributed by atoms with Crippen molar-refractivity contribution in [3.05, 3.63) is 0 Å². The molecule has 0 saturated carbocycles. The molecule has 1 heterocycles. The van der Waals surface area contributed by atoms with Crippen molar-refractivity contribution >= 4 is 20.6 Å². The van der Waals surface area contributed by atoms with Crippen molar-refractivity contribution in [2.24, 2.45) is 5.73 Å². The number of hydrogen-bond acceptors (Lipinski definition) is 4. The molecule has 0 aromatic rings. The molecule has 1 aliphatic heterocycles. The van der Waals surface area contributed by atoms with Crippen LogP contribution in [-0.4, -0.2) is 41.7 Å². The Morgan fingerprint density at radius 1 is 1.50 bits per heavy atom. The van der Waals surface area contributed by atoms with Crippen LogP contribution < -0.4 is 5.73 Å². The van der Waals surface area contributed by atoms with Gasteiger partial charge in [-0.15, -0.1) is 0 Å². The summed E-state index contributed by atoms with van der Waals surface area (Å²) in [6.07, 6.45) is 0.537. The van der Waals surface area contributed by atoms with Crippen molar-refractivity contribution < 1.29 is 12.6 Å². The van der Waals surface area contributed by atoms with Crippen LogP contribution >= 0.6 is 0 Å². The Kier molecular flexibility index (Phi) is 3.25. The number of sulfone groups is 1. The summed E-state index contributed by atoms with van der Waals surface area (Å²) in [5.41, 5.74) is 5.22. The van der Waals surface area contributed by atoms with E-state index in [1.54, 1.807) is 0 Å². The summed E-state index contributed by atoms with van der Waals surface area (Å²) in [6, 6.07) is 0. The summed E-state index contributed by atoms with van der Waals surface area (Å²) in [5.74, 6) is 0.688. The van der Waals surface area contributed by atoms with Gasteiger partial charge in [0, 0.05) is 28.3 Å². The lowest BCUT2D eigenvalue weighted by Gasteiger charge is -2.05. The van der Waals surface area contributed by atoms with E-state index in [1.165, 1.54) is 0 Å². The van der Waals surface area contributed by atoms with Crippen molar-refractivity contribution in [3.63, 3.8) is 0 Å². The van der Waals surface area contributed by atoms with Gasteiger partial charge in [0.25, 0.3) is 0 Å². The smallest absolute Gasteiger partial charge is 0.151 e. The first-order valence-corrected chi connectivity index (χ1v) is 7.03. The largest absolute Gasteiger partial charge is 0.330 e. The van der Waals surface area contributed by atoms with E-state index in [9.17, 15) is 12.6 Å². The third-order valence-electron chi connectivity index (χ3n) is 1.88. The molecule has 1 aliphatic rings. The van der Waals surface area contributed by atoms with Crippen molar-refractivity contribution in [2.75, 3.05) is 23.8 Å². The molecule has 1 rings (SSSR count). The first-order valence-electron chi connectivity index (χ1n) is 3.83. The molecule has 0 spiro atoms. The van der Waals surface area contributed by atoms with Gasteiger partial charge in [0.05, 0.1) is 11.5 Å². The van der Waals surface area contributed by atoms with Crippen LogP contribution in [0.1, 0.15) is 6.42 Å². The maximum atomic E-state index is 11.3. The minimum atomic E-state index is -2.89. The van der Waals surface area contributed by atoms with Gasteiger partial charge in [-0.05, 0) is 6.42 Å². The molecular formula is C6H13NO3S2. The molecule has 12 heavy (non-hydrogen) atoms. The Morgan fingerprint density at radius 3 is 2.58 bits per heavy atom. The third-order valence-corrected chi connectivity index (χ3v) is 5.64. The summed E-state index contributed by atoms with van der Waals surface area (Å²) < 4.78 is 33.3. The average Bonchev–Trinajstić information content (AvgIpc) is 2.31. The maximum absolute atomic E-state index is 11.3. The van der Waals surface area contributed by atoms with E-state index in [1.807, 2.05) is 0 Å². The number of rotatable bonds is 3. The number of nitrogens with two attached hydrogens (primary N) is 1. The lowest BCUT2D eigenvalue weighted by atomic mass is 10.4. The Labute approximate surface area is 74.9 Å². The standard InChI is InChI=1S/C6H13NO3S2/c7-2-3-11(8)6-1-4-12(9,10)5-6/h6H,1-5,7H2. The zero-order chi connectivity index (χ0) is 9.19. The first kappa shape index (κ1) is 10.1. The summed E-state index contributed by atoms with van der Waals surface area (Å²) in [7, 11) is -3.94. The van der Waals surface area contributed by atoms with Crippen LogP contribution in [0, 0.1) is 0 Å². The van der Waals surface area contributed by atoms with Gasteiger partial charge in [-0.1, -0.05) is 0 Å². The normalized spacial score (nSPS) is 30.2. The fraction of sp³-hybridized carbons (Fsp3) is 1.00. The highest BCUT2D eigenvalue weighted by Crippen LogP contribution is 2.16. The highest BCUT2D eigenvalue weighted by molar-refractivity contribution is 7.94. The maximum Gasteiger partial charge on any atom is 0.151 e. The van der Waals surface area contributed by atoms with E-state index in [-0.39, 0.29) is 16.8 Å². The molecule has 0 aromatic carbocycles. The van der Waals surface area contributed by atoms with Gasteiger partial charge in [-0.25, -0.2) is 8.42 Å². The van der Waals surface area contributed by atoms with E-state index in [0.29, 0.717) is 18.7 Å². The van der Waals surface area contributed by atoms with Crippen LogP contribution in [-0.2, 0) is 20.6 Å². The van der Waals surface area contributed by atoms with Crippen LogP contribution in [0.4, 0.5) is 0 Å². The molecule has 0 aromatic heterocycles. The topological polar surface area (TPSA) is 77.2 Å². The van der Waals surface area contributed by atoms with Crippen LogP contribution in [0.5, 0.6) is 0 Å². The minimum Gasteiger partial charge on any atom is -0.330 e. The molecule has 4 nitrogen and oxygen atoms in total. The zero-order valence-electron chi connectivity index (χ0n) is 6.73. The Morgan fingerprint density at radius 2 is 2.17 bits per heavy atom. The quantitative estimate of drug-likeness (QED) is 0.641. The molecule has 0 aliphatic carbocycles. The van der Waals surface area contributed by atoms with Gasteiger partial charge < -0.3 is 5.73 Å².